The van der Waals surface area contributed by atoms with E-state index >= 15 is 0 Å². The summed E-state index contributed by atoms with van der Waals surface area (Å²) in [5, 5.41) is 3.59. The first-order valence-corrected chi connectivity index (χ1v) is 8.52. The highest BCUT2D eigenvalue weighted by atomic mass is 32.2. The second-order valence-electron chi connectivity index (χ2n) is 5.50. The van der Waals surface area contributed by atoms with Crippen molar-refractivity contribution < 1.29 is 4.21 Å². The Bertz CT molecular complexity index is 262. The Balaban J connectivity index is 1.82. The van der Waals surface area contributed by atoms with Gasteiger partial charge in [-0.1, -0.05) is 13.8 Å². The van der Waals surface area contributed by atoms with Gasteiger partial charge in [-0.25, -0.2) is 0 Å². The third-order valence-corrected chi connectivity index (χ3v) is 5.66. The van der Waals surface area contributed by atoms with Crippen molar-refractivity contribution in [1.29, 1.82) is 0 Å². The van der Waals surface area contributed by atoms with Gasteiger partial charge < -0.3 is 5.32 Å². The average molecular weight is 258 g/mol. The lowest BCUT2D eigenvalue weighted by atomic mass is 9.92. The van der Waals surface area contributed by atoms with Crippen LogP contribution in [0.15, 0.2) is 0 Å². The number of hydrogen-bond donors (Lipinski definition) is 1. The molecule has 2 aliphatic rings. The van der Waals surface area contributed by atoms with E-state index in [1.54, 1.807) is 0 Å². The Morgan fingerprint density at radius 1 is 1.29 bits per heavy atom. The molecule has 3 nitrogen and oxygen atoms in total. The molecule has 2 atom stereocenters. The fraction of sp³-hybridized carbons (Fsp3) is 1.00. The molecule has 4 heteroatoms. The minimum absolute atomic E-state index is 0.523. The van der Waals surface area contributed by atoms with Gasteiger partial charge in [0.2, 0.25) is 0 Å². The molecule has 17 heavy (non-hydrogen) atoms. The molecule has 2 heterocycles. The summed E-state index contributed by atoms with van der Waals surface area (Å²) >= 11 is 0. The normalized spacial score (nSPS) is 40.4. The third-order valence-electron chi connectivity index (χ3n) is 4.28. The fourth-order valence-corrected chi connectivity index (χ4v) is 4.50. The van der Waals surface area contributed by atoms with Crippen LogP contribution in [0.1, 0.15) is 33.1 Å². The molecule has 100 valence electrons. The zero-order chi connectivity index (χ0) is 12.3. The minimum atomic E-state index is -0.523. The monoisotopic (exact) mass is 258 g/mol. The number of piperidine rings is 1. The van der Waals surface area contributed by atoms with E-state index in [0.29, 0.717) is 12.1 Å². The van der Waals surface area contributed by atoms with Crippen LogP contribution in [0.5, 0.6) is 0 Å². The van der Waals surface area contributed by atoms with Gasteiger partial charge in [0.05, 0.1) is 0 Å². The summed E-state index contributed by atoms with van der Waals surface area (Å²) in [4.78, 5) is 2.65. The van der Waals surface area contributed by atoms with Gasteiger partial charge in [-0.05, 0) is 38.3 Å². The van der Waals surface area contributed by atoms with Crippen molar-refractivity contribution in [2.24, 2.45) is 5.92 Å². The lowest BCUT2D eigenvalue weighted by Gasteiger charge is -2.42. The molecule has 2 saturated heterocycles. The molecule has 0 aromatic rings. The molecule has 0 aromatic carbocycles. The molecule has 0 bridgehead atoms. The molecule has 0 saturated carbocycles. The molecule has 0 amide bonds. The maximum absolute atomic E-state index is 11.4. The van der Waals surface area contributed by atoms with Crippen molar-refractivity contribution >= 4 is 10.8 Å². The van der Waals surface area contributed by atoms with Crippen LogP contribution in [0.3, 0.4) is 0 Å². The molecular weight excluding hydrogens is 232 g/mol. The topological polar surface area (TPSA) is 32.3 Å². The molecule has 0 radical (unpaired) electrons. The maximum atomic E-state index is 11.4. The van der Waals surface area contributed by atoms with Crippen LogP contribution in [0, 0.1) is 5.92 Å². The van der Waals surface area contributed by atoms with Crippen LogP contribution in [0.2, 0.25) is 0 Å². The molecule has 2 rings (SSSR count). The molecule has 1 N–H and O–H groups in total. The first-order valence-electron chi connectivity index (χ1n) is 7.03. The average Bonchev–Trinajstić information content (AvgIpc) is 2.33. The van der Waals surface area contributed by atoms with Crippen LogP contribution >= 0.6 is 0 Å². The molecular formula is C13H26N2OS. The van der Waals surface area contributed by atoms with Crippen LogP contribution in [-0.4, -0.2) is 52.3 Å². The fourth-order valence-electron chi connectivity index (χ4n) is 3.22. The second kappa shape index (κ2) is 6.30. The summed E-state index contributed by atoms with van der Waals surface area (Å²) in [6.45, 7) is 8.07. The lowest BCUT2D eigenvalue weighted by molar-refractivity contribution is 0.0989. The van der Waals surface area contributed by atoms with E-state index in [1.807, 2.05) is 0 Å². The quantitative estimate of drug-likeness (QED) is 0.826. The largest absolute Gasteiger partial charge is 0.314 e. The summed E-state index contributed by atoms with van der Waals surface area (Å²) in [6.07, 6.45) is 3.56. The Morgan fingerprint density at radius 3 is 2.59 bits per heavy atom. The van der Waals surface area contributed by atoms with Crippen molar-refractivity contribution in [1.82, 2.24) is 10.2 Å². The second-order valence-corrected chi connectivity index (χ2v) is 7.20. The highest BCUT2D eigenvalue weighted by Gasteiger charge is 2.31. The van der Waals surface area contributed by atoms with Crippen molar-refractivity contribution in [2.45, 2.75) is 45.2 Å². The van der Waals surface area contributed by atoms with Gasteiger partial charge in [0.1, 0.15) is 0 Å². The summed E-state index contributed by atoms with van der Waals surface area (Å²) in [6, 6.07) is 1.41. The Morgan fingerprint density at radius 2 is 2.00 bits per heavy atom. The Labute approximate surface area is 108 Å². The molecule has 0 aromatic heterocycles. The number of nitrogens with one attached hydrogen (secondary N) is 1. The van der Waals surface area contributed by atoms with Gasteiger partial charge in [0.25, 0.3) is 0 Å². The smallest absolute Gasteiger partial charge is 0.0249 e. The summed E-state index contributed by atoms with van der Waals surface area (Å²) in [7, 11) is -0.523. The van der Waals surface area contributed by atoms with Crippen LogP contribution in [0.25, 0.3) is 0 Å². The SMILES string of the molecule is CCNC1CCN(C2CCS(=O)CC2)CC1C. The summed E-state index contributed by atoms with van der Waals surface area (Å²) < 4.78 is 11.4. The van der Waals surface area contributed by atoms with E-state index in [-0.39, 0.29) is 0 Å². The van der Waals surface area contributed by atoms with Crippen molar-refractivity contribution in [3.05, 3.63) is 0 Å². The number of likely N-dealkylation sites (tertiary alicyclic amines) is 1. The van der Waals surface area contributed by atoms with Crippen LogP contribution < -0.4 is 5.32 Å². The zero-order valence-electron chi connectivity index (χ0n) is 11.2. The first-order chi connectivity index (χ1) is 8.20. The molecule has 0 aliphatic carbocycles. The van der Waals surface area contributed by atoms with E-state index in [2.05, 4.69) is 24.1 Å². The molecule has 0 spiro atoms. The van der Waals surface area contributed by atoms with Crippen molar-refractivity contribution in [3.8, 4) is 0 Å². The number of nitrogens with zero attached hydrogens (tertiary/aromatic N) is 1. The van der Waals surface area contributed by atoms with Gasteiger partial charge in [-0.15, -0.1) is 0 Å². The van der Waals surface area contributed by atoms with Gasteiger partial charge in [-0.3, -0.25) is 9.11 Å². The maximum Gasteiger partial charge on any atom is 0.0249 e. The van der Waals surface area contributed by atoms with Gasteiger partial charge in [0.15, 0.2) is 0 Å². The highest BCUT2D eigenvalue weighted by Crippen LogP contribution is 2.23. The van der Waals surface area contributed by atoms with Gasteiger partial charge in [-0.2, -0.15) is 0 Å². The molecule has 2 unspecified atom stereocenters. The third kappa shape index (κ3) is 3.52. The van der Waals surface area contributed by atoms with Crippen molar-refractivity contribution in [3.63, 3.8) is 0 Å². The van der Waals surface area contributed by atoms with E-state index < -0.39 is 10.8 Å². The predicted octanol–water partition coefficient (Wildman–Crippen LogP) is 1.22. The van der Waals surface area contributed by atoms with Crippen LogP contribution in [-0.2, 0) is 10.8 Å². The summed E-state index contributed by atoms with van der Waals surface area (Å²) in [5.74, 6) is 2.59. The lowest BCUT2D eigenvalue weighted by Crippen LogP contribution is -2.52. The van der Waals surface area contributed by atoms with E-state index in [9.17, 15) is 4.21 Å². The van der Waals surface area contributed by atoms with E-state index in [1.165, 1.54) is 19.5 Å². The van der Waals surface area contributed by atoms with Gasteiger partial charge >= 0.3 is 0 Å². The minimum Gasteiger partial charge on any atom is -0.314 e. The van der Waals surface area contributed by atoms with Gasteiger partial charge in [0, 0.05) is 40.9 Å². The predicted molar refractivity (Wildman–Crippen MR) is 73.7 cm³/mol. The van der Waals surface area contributed by atoms with E-state index in [0.717, 1.165) is 36.8 Å². The summed E-state index contributed by atoms with van der Waals surface area (Å²) in [5.41, 5.74) is 0. The highest BCUT2D eigenvalue weighted by molar-refractivity contribution is 7.85. The Kier molecular flexibility index (Phi) is 5.00. The van der Waals surface area contributed by atoms with Crippen molar-refractivity contribution in [2.75, 3.05) is 31.1 Å². The first kappa shape index (κ1) is 13.5. The van der Waals surface area contributed by atoms with E-state index in [4.69, 9.17) is 0 Å². The molecule has 2 fully saturated rings. The standard InChI is InChI=1S/C13H26N2OS/c1-3-14-13-4-7-15(10-11(13)2)12-5-8-17(16)9-6-12/h11-14H,3-10H2,1-2H3. The number of hydrogen-bond acceptors (Lipinski definition) is 3. The Hall–Kier alpha value is 0.0700. The zero-order valence-corrected chi connectivity index (χ0v) is 12.0. The van der Waals surface area contributed by atoms with Crippen LogP contribution in [0.4, 0.5) is 0 Å². The number of rotatable bonds is 3. The molecule has 2 aliphatic heterocycles.